The van der Waals surface area contributed by atoms with Gasteiger partial charge in [-0.1, -0.05) is 18.2 Å². The van der Waals surface area contributed by atoms with Gasteiger partial charge in [-0.2, -0.15) is 0 Å². The van der Waals surface area contributed by atoms with Crippen molar-refractivity contribution >= 4 is 11.6 Å². The second-order valence-corrected chi connectivity index (χ2v) is 5.53. The average Bonchev–Trinajstić information content (AvgIpc) is 2.59. The number of nitrogens with one attached hydrogen (secondary N) is 2. The van der Waals surface area contributed by atoms with Crippen LogP contribution in [0.2, 0.25) is 0 Å². The summed E-state index contributed by atoms with van der Waals surface area (Å²) < 4.78 is 10.5. The van der Waals surface area contributed by atoms with Crippen LogP contribution in [0.25, 0.3) is 0 Å². The van der Waals surface area contributed by atoms with Crippen molar-refractivity contribution < 1.29 is 14.3 Å². The molecule has 0 aliphatic heterocycles. The second-order valence-electron chi connectivity index (χ2n) is 5.53. The fourth-order valence-electron chi connectivity index (χ4n) is 2.38. The lowest BCUT2D eigenvalue weighted by atomic mass is 10.1. The van der Waals surface area contributed by atoms with Crippen LogP contribution in [-0.2, 0) is 11.2 Å². The third-order valence-corrected chi connectivity index (χ3v) is 3.64. The lowest BCUT2D eigenvalue weighted by Gasteiger charge is -2.11. The minimum absolute atomic E-state index is 0.0930. The zero-order valence-electron chi connectivity index (χ0n) is 14.4. The molecule has 5 heteroatoms. The molecule has 2 aromatic carbocycles. The molecule has 2 aromatic rings. The Morgan fingerprint density at radius 1 is 1.08 bits per heavy atom. The Bertz CT molecular complexity index is 686. The van der Waals surface area contributed by atoms with Crippen molar-refractivity contribution in [3.05, 3.63) is 53.6 Å². The molecule has 0 radical (unpaired) electrons. The molecule has 0 spiro atoms. The van der Waals surface area contributed by atoms with Crippen molar-refractivity contribution in [2.75, 3.05) is 32.6 Å². The first-order valence-electron chi connectivity index (χ1n) is 7.90. The number of benzene rings is 2. The number of amides is 1. The molecule has 0 unspecified atom stereocenters. The van der Waals surface area contributed by atoms with E-state index in [2.05, 4.69) is 10.6 Å². The van der Waals surface area contributed by atoms with Gasteiger partial charge in [0.15, 0.2) is 0 Å². The smallest absolute Gasteiger partial charge is 0.238 e. The lowest BCUT2D eigenvalue weighted by Crippen LogP contribution is -2.29. The molecule has 2 rings (SSSR count). The predicted molar refractivity (Wildman–Crippen MR) is 95.9 cm³/mol. The third kappa shape index (κ3) is 5.28. The Labute approximate surface area is 143 Å². The Kier molecular flexibility index (Phi) is 6.63. The molecule has 0 saturated heterocycles. The van der Waals surface area contributed by atoms with Crippen molar-refractivity contribution in [3.63, 3.8) is 0 Å². The van der Waals surface area contributed by atoms with E-state index >= 15 is 0 Å². The van der Waals surface area contributed by atoms with Crippen LogP contribution in [0, 0.1) is 6.92 Å². The van der Waals surface area contributed by atoms with Crippen LogP contribution in [0.1, 0.15) is 11.1 Å². The number of methoxy groups -OCH3 is 2. The number of anilines is 1. The number of rotatable bonds is 8. The molecule has 0 heterocycles. The van der Waals surface area contributed by atoms with Gasteiger partial charge in [-0.25, -0.2) is 0 Å². The Morgan fingerprint density at radius 3 is 2.67 bits per heavy atom. The number of hydrogen-bond acceptors (Lipinski definition) is 4. The molecule has 2 N–H and O–H groups in total. The summed E-state index contributed by atoms with van der Waals surface area (Å²) >= 11 is 0. The molecule has 0 atom stereocenters. The van der Waals surface area contributed by atoms with Crippen LogP contribution < -0.4 is 20.1 Å². The summed E-state index contributed by atoms with van der Waals surface area (Å²) in [7, 11) is 3.24. The van der Waals surface area contributed by atoms with Crippen LogP contribution in [-0.4, -0.2) is 33.2 Å². The van der Waals surface area contributed by atoms with Crippen molar-refractivity contribution in [2.45, 2.75) is 13.3 Å². The molecule has 1 amide bonds. The average molecular weight is 328 g/mol. The third-order valence-electron chi connectivity index (χ3n) is 3.64. The fraction of sp³-hybridized carbons (Fsp3) is 0.316. The number of carbonyl (C=O) groups is 1. The Morgan fingerprint density at radius 2 is 1.92 bits per heavy atom. The quantitative estimate of drug-likeness (QED) is 0.732. The van der Waals surface area contributed by atoms with Crippen LogP contribution in [0.4, 0.5) is 5.69 Å². The van der Waals surface area contributed by atoms with Crippen LogP contribution in [0.3, 0.4) is 0 Å². The highest BCUT2D eigenvalue weighted by Gasteiger charge is 2.07. The first-order chi connectivity index (χ1) is 11.6. The maximum absolute atomic E-state index is 12.1. The summed E-state index contributed by atoms with van der Waals surface area (Å²) in [6, 6.07) is 13.6. The standard InChI is InChI=1S/C19H24N2O3/c1-14-7-8-18(24-3)17(11-14)21-19(22)13-20-10-9-15-5-4-6-16(12-15)23-2/h4-8,11-12,20H,9-10,13H2,1-3H3,(H,21,22). The zero-order valence-corrected chi connectivity index (χ0v) is 14.4. The summed E-state index contributed by atoms with van der Waals surface area (Å²) in [5.41, 5.74) is 2.93. The highest BCUT2D eigenvalue weighted by Crippen LogP contribution is 2.24. The van der Waals surface area contributed by atoms with Gasteiger partial charge in [0, 0.05) is 0 Å². The molecular formula is C19H24N2O3. The summed E-state index contributed by atoms with van der Waals surface area (Å²) in [4.78, 5) is 12.1. The van der Waals surface area contributed by atoms with Gasteiger partial charge < -0.3 is 20.1 Å². The molecule has 24 heavy (non-hydrogen) atoms. The van der Waals surface area contributed by atoms with E-state index in [1.807, 2.05) is 49.4 Å². The second kappa shape index (κ2) is 8.93. The molecular weight excluding hydrogens is 304 g/mol. The molecule has 0 saturated carbocycles. The van der Waals surface area contributed by atoms with Gasteiger partial charge in [0.05, 0.1) is 26.5 Å². The summed E-state index contributed by atoms with van der Waals surface area (Å²) in [5.74, 6) is 1.41. The molecule has 0 fully saturated rings. The fourth-order valence-corrected chi connectivity index (χ4v) is 2.38. The van der Waals surface area contributed by atoms with E-state index in [1.165, 1.54) is 5.56 Å². The maximum atomic E-state index is 12.1. The molecule has 0 aliphatic carbocycles. The first-order valence-corrected chi connectivity index (χ1v) is 7.90. The number of carbonyl (C=O) groups excluding carboxylic acids is 1. The van der Waals surface area contributed by atoms with Crippen molar-refractivity contribution in [3.8, 4) is 11.5 Å². The number of aryl methyl sites for hydroxylation is 1. The predicted octanol–water partition coefficient (Wildman–Crippen LogP) is 2.78. The van der Waals surface area contributed by atoms with Gasteiger partial charge in [-0.05, 0) is 55.3 Å². The van der Waals surface area contributed by atoms with Crippen LogP contribution in [0.5, 0.6) is 11.5 Å². The van der Waals surface area contributed by atoms with Gasteiger partial charge in [-0.15, -0.1) is 0 Å². The van der Waals surface area contributed by atoms with E-state index in [4.69, 9.17) is 9.47 Å². The maximum Gasteiger partial charge on any atom is 0.238 e. The summed E-state index contributed by atoms with van der Waals surface area (Å²) in [6.07, 6.45) is 0.832. The highest BCUT2D eigenvalue weighted by molar-refractivity contribution is 5.93. The monoisotopic (exact) mass is 328 g/mol. The van der Waals surface area contributed by atoms with E-state index in [1.54, 1.807) is 14.2 Å². The van der Waals surface area contributed by atoms with Gasteiger partial charge in [0.2, 0.25) is 5.91 Å². The van der Waals surface area contributed by atoms with Gasteiger partial charge >= 0.3 is 0 Å². The van der Waals surface area contributed by atoms with Crippen LogP contribution >= 0.6 is 0 Å². The first kappa shape index (κ1) is 17.8. The Hall–Kier alpha value is -2.53. The highest BCUT2D eigenvalue weighted by atomic mass is 16.5. The van der Waals surface area contributed by atoms with E-state index in [9.17, 15) is 4.79 Å². The topological polar surface area (TPSA) is 59.6 Å². The molecule has 0 aliphatic rings. The number of ether oxygens (including phenoxy) is 2. The summed E-state index contributed by atoms with van der Waals surface area (Å²) in [6.45, 7) is 2.94. The Balaban J connectivity index is 1.78. The van der Waals surface area contributed by atoms with E-state index in [0.29, 0.717) is 18.0 Å². The van der Waals surface area contributed by atoms with E-state index < -0.39 is 0 Å². The molecule has 5 nitrogen and oxygen atoms in total. The minimum atomic E-state index is -0.0930. The summed E-state index contributed by atoms with van der Waals surface area (Å²) in [5, 5.41) is 6.02. The molecule has 0 bridgehead atoms. The van der Waals surface area contributed by atoms with Gasteiger partial charge in [-0.3, -0.25) is 4.79 Å². The largest absolute Gasteiger partial charge is 0.497 e. The lowest BCUT2D eigenvalue weighted by molar-refractivity contribution is -0.115. The van der Waals surface area contributed by atoms with Crippen LogP contribution in [0.15, 0.2) is 42.5 Å². The zero-order chi connectivity index (χ0) is 17.4. The van der Waals surface area contributed by atoms with Gasteiger partial charge in [0.1, 0.15) is 11.5 Å². The van der Waals surface area contributed by atoms with E-state index in [0.717, 1.165) is 17.7 Å². The van der Waals surface area contributed by atoms with Crippen molar-refractivity contribution in [1.82, 2.24) is 5.32 Å². The SMILES string of the molecule is COc1cccc(CCNCC(=O)Nc2cc(C)ccc2OC)c1. The number of hydrogen-bond donors (Lipinski definition) is 2. The van der Waals surface area contributed by atoms with Crippen molar-refractivity contribution in [2.24, 2.45) is 0 Å². The van der Waals surface area contributed by atoms with Gasteiger partial charge in [0.25, 0.3) is 0 Å². The van der Waals surface area contributed by atoms with Crippen molar-refractivity contribution in [1.29, 1.82) is 0 Å². The molecule has 128 valence electrons. The molecule has 0 aromatic heterocycles. The minimum Gasteiger partial charge on any atom is -0.497 e. The normalized spacial score (nSPS) is 10.3. The van der Waals surface area contributed by atoms with E-state index in [-0.39, 0.29) is 12.5 Å².